The van der Waals surface area contributed by atoms with Crippen molar-refractivity contribution >= 4 is 17.8 Å². The van der Waals surface area contributed by atoms with Crippen LogP contribution < -0.4 is 10.6 Å². The number of nitrogens with one attached hydrogen (secondary N) is 2. The molecule has 0 unspecified atom stereocenters. The molecule has 0 aromatic carbocycles. The summed E-state index contributed by atoms with van der Waals surface area (Å²) in [5, 5.41) is 5.46. The second-order valence-corrected chi connectivity index (χ2v) is 8.89. The molecule has 4 aliphatic rings. The number of hydrogen-bond donors (Lipinski definition) is 2. The molecule has 152 valence electrons. The molecule has 1 heterocycles. The Balaban J connectivity index is 1.20. The van der Waals surface area contributed by atoms with E-state index < -0.39 is 11.9 Å². The fourth-order valence-corrected chi connectivity index (χ4v) is 5.99. The number of furan rings is 1. The summed E-state index contributed by atoms with van der Waals surface area (Å²) >= 11 is 0. The zero-order valence-electron chi connectivity index (χ0n) is 16.2. The summed E-state index contributed by atoms with van der Waals surface area (Å²) in [6.45, 7) is 1.46. The third-order valence-corrected chi connectivity index (χ3v) is 6.88. The van der Waals surface area contributed by atoms with Gasteiger partial charge in [0.15, 0.2) is 12.4 Å². The van der Waals surface area contributed by atoms with Crippen LogP contribution in [-0.4, -0.2) is 37.0 Å². The van der Waals surface area contributed by atoms with E-state index in [0.717, 1.165) is 17.8 Å². The predicted octanol–water partition coefficient (Wildman–Crippen LogP) is 2.27. The van der Waals surface area contributed by atoms with E-state index in [-0.39, 0.29) is 36.3 Å². The minimum Gasteiger partial charge on any atom is -0.459 e. The predicted molar refractivity (Wildman–Crippen MR) is 100 cm³/mol. The van der Waals surface area contributed by atoms with Crippen molar-refractivity contribution in [1.29, 1.82) is 0 Å². The van der Waals surface area contributed by atoms with E-state index in [4.69, 9.17) is 9.15 Å². The molecule has 1 aromatic heterocycles. The second-order valence-electron chi connectivity index (χ2n) is 8.89. The molecule has 28 heavy (non-hydrogen) atoms. The fourth-order valence-electron chi connectivity index (χ4n) is 5.99. The van der Waals surface area contributed by atoms with Gasteiger partial charge >= 0.3 is 5.97 Å². The zero-order valence-corrected chi connectivity index (χ0v) is 16.2. The average Bonchev–Trinajstić information content (AvgIpc) is 3.18. The third-order valence-electron chi connectivity index (χ3n) is 6.88. The molecular formula is C21H28N2O5. The van der Waals surface area contributed by atoms with Crippen molar-refractivity contribution in [2.45, 2.75) is 51.5 Å². The number of carbonyl (C=O) groups excluding carboxylic acids is 3. The standard InChI is InChI=1S/C21H28N2O5/c1-13(21-8-14-5-15(9-21)7-16(6-14)10-21)23-18(24)12-28-19(25)11-22-20(26)17-3-2-4-27-17/h2-4,13-16H,5-12H2,1H3,(H,22,26)(H,23,24)/t13-,14?,15?,16?,21?/m1/s1. The third kappa shape index (κ3) is 3.93. The molecule has 0 aliphatic heterocycles. The molecule has 4 aliphatic carbocycles. The molecule has 4 bridgehead atoms. The molecule has 4 saturated carbocycles. The van der Waals surface area contributed by atoms with Gasteiger partial charge in [0.05, 0.1) is 6.26 Å². The molecule has 5 rings (SSSR count). The summed E-state index contributed by atoms with van der Waals surface area (Å²) < 4.78 is 9.94. The van der Waals surface area contributed by atoms with E-state index in [2.05, 4.69) is 17.6 Å². The highest BCUT2D eigenvalue weighted by Crippen LogP contribution is 2.61. The Labute approximate surface area is 164 Å². The first-order valence-electron chi connectivity index (χ1n) is 10.2. The van der Waals surface area contributed by atoms with Gasteiger partial charge in [0.2, 0.25) is 0 Å². The van der Waals surface area contributed by atoms with Crippen LogP contribution in [0.5, 0.6) is 0 Å². The lowest BCUT2D eigenvalue weighted by Crippen LogP contribution is -2.56. The van der Waals surface area contributed by atoms with E-state index in [1.54, 1.807) is 6.07 Å². The summed E-state index contributed by atoms with van der Waals surface area (Å²) in [6.07, 6.45) is 9.09. The molecule has 0 radical (unpaired) electrons. The summed E-state index contributed by atoms with van der Waals surface area (Å²) in [4.78, 5) is 35.8. The van der Waals surface area contributed by atoms with Crippen LogP contribution in [0.25, 0.3) is 0 Å². The van der Waals surface area contributed by atoms with Gasteiger partial charge in [0, 0.05) is 6.04 Å². The Hall–Kier alpha value is -2.31. The lowest BCUT2D eigenvalue weighted by atomic mass is 9.48. The minimum absolute atomic E-state index is 0.0887. The van der Waals surface area contributed by atoms with Gasteiger partial charge in [-0.25, -0.2) is 0 Å². The molecule has 0 spiro atoms. The monoisotopic (exact) mass is 388 g/mol. The first-order chi connectivity index (χ1) is 13.4. The molecule has 1 atom stereocenters. The van der Waals surface area contributed by atoms with Gasteiger partial charge in [0.25, 0.3) is 11.8 Å². The highest BCUT2D eigenvalue weighted by molar-refractivity contribution is 5.93. The van der Waals surface area contributed by atoms with E-state index in [9.17, 15) is 14.4 Å². The smallest absolute Gasteiger partial charge is 0.325 e. The molecule has 0 saturated heterocycles. The largest absolute Gasteiger partial charge is 0.459 e. The van der Waals surface area contributed by atoms with Gasteiger partial charge in [0.1, 0.15) is 6.54 Å². The first-order valence-corrected chi connectivity index (χ1v) is 10.2. The molecule has 7 nitrogen and oxygen atoms in total. The van der Waals surface area contributed by atoms with E-state index in [0.29, 0.717) is 0 Å². The molecular weight excluding hydrogens is 360 g/mol. The Kier molecular flexibility index (Phi) is 5.17. The normalized spacial score (nSPS) is 31.2. The summed E-state index contributed by atoms with van der Waals surface area (Å²) in [6, 6.07) is 3.17. The highest BCUT2D eigenvalue weighted by Gasteiger charge is 2.53. The number of hydrogen-bond acceptors (Lipinski definition) is 5. The Morgan fingerprint density at radius 3 is 2.39 bits per heavy atom. The van der Waals surface area contributed by atoms with Crippen molar-refractivity contribution in [2.75, 3.05) is 13.2 Å². The van der Waals surface area contributed by atoms with Crippen molar-refractivity contribution in [1.82, 2.24) is 10.6 Å². The Morgan fingerprint density at radius 1 is 1.18 bits per heavy atom. The van der Waals surface area contributed by atoms with Gasteiger partial charge in [-0.3, -0.25) is 14.4 Å². The second kappa shape index (κ2) is 7.60. The van der Waals surface area contributed by atoms with Crippen LogP contribution in [0.1, 0.15) is 56.0 Å². The van der Waals surface area contributed by atoms with Gasteiger partial charge in [-0.05, 0) is 80.8 Å². The molecule has 2 N–H and O–H groups in total. The zero-order chi connectivity index (χ0) is 19.7. The van der Waals surface area contributed by atoms with Crippen molar-refractivity contribution in [3.63, 3.8) is 0 Å². The maximum absolute atomic E-state index is 12.3. The van der Waals surface area contributed by atoms with E-state index in [1.807, 2.05) is 0 Å². The molecule has 1 aromatic rings. The van der Waals surface area contributed by atoms with Crippen molar-refractivity contribution in [2.24, 2.45) is 23.2 Å². The number of carbonyl (C=O) groups is 3. The van der Waals surface area contributed by atoms with Crippen LogP contribution >= 0.6 is 0 Å². The first kappa shape index (κ1) is 19.0. The molecule has 4 fully saturated rings. The fraction of sp³-hybridized carbons (Fsp3) is 0.667. The van der Waals surface area contributed by atoms with Crippen LogP contribution in [0.4, 0.5) is 0 Å². The van der Waals surface area contributed by atoms with Crippen molar-refractivity contribution < 1.29 is 23.5 Å². The van der Waals surface area contributed by atoms with Gasteiger partial charge in [-0.2, -0.15) is 0 Å². The van der Waals surface area contributed by atoms with Crippen molar-refractivity contribution in [3.05, 3.63) is 24.2 Å². The van der Waals surface area contributed by atoms with Crippen LogP contribution in [0, 0.1) is 23.2 Å². The Bertz CT molecular complexity index is 707. The number of esters is 1. The topological polar surface area (TPSA) is 97.6 Å². The number of rotatable bonds is 7. The van der Waals surface area contributed by atoms with Crippen molar-refractivity contribution in [3.8, 4) is 0 Å². The Morgan fingerprint density at radius 2 is 1.82 bits per heavy atom. The van der Waals surface area contributed by atoms with Gasteiger partial charge < -0.3 is 19.8 Å². The quantitative estimate of drug-likeness (QED) is 0.699. The summed E-state index contributed by atoms with van der Waals surface area (Å²) in [5.74, 6) is 1.15. The molecule has 2 amide bonds. The molecule has 7 heteroatoms. The van der Waals surface area contributed by atoms with E-state index >= 15 is 0 Å². The number of ether oxygens (including phenoxy) is 1. The maximum Gasteiger partial charge on any atom is 0.325 e. The number of amides is 2. The van der Waals surface area contributed by atoms with Crippen LogP contribution in [-0.2, 0) is 14.3 Å². The van der Waals surface area contributed by atoms with Crippen LogP contribution in [0.15, 0.2) is 22.8 Å². The maximum atomic E-state index is 12.3. The lowest BCUT2D eigenvalue weighted by Gasteiger charge is -2.59. The summed E-state index contributed by atoms with van der Waals surface area (Å²) in [7, 11) is 0. The average molecular weight is 388 g/mol. The SMILES string of the molecule is C[C@@H](NC(=O)COC(=O)CNC(=O)c1ccco1)C12CC3CC(CC(C3)C1)C2. The highest BCUT2D eigenvalue weighted by atomic mass is 16.5. The van der Waals surface area contributed by atoms with Gasteiger partial charge in [-0.15, -0.1) is 0 Å². The minimum atomic E-state index is -0.655. The van der Waals surface area contributed by atoms with E-state index in [1.165, 1.54) is 50.9 Å². The van der Waals surface area contributed by atoms with Crippen LogP contribution in [0.3, 0.4) is 0 Å². The van der Waals surface area contributed by atoms with Crippen LogP contribution in [0.2, 0.25) is 0 Å². The lowest BCUT2D eigenvalue weighted by molar-refractivity contribution is -0.148. The summed E-state index contributed by atoms with van der Waals surface area (Å²) in [5.41, 5.74) is 0.214. The van der Waals surface area contributed by atoms with Gasteiger partial charge in [-0.1, -0.05) is 0 Å².